The highest BCUT2D eigenvalue weighted by atomic mass is 79.9. The van der Waals surface area contributed by atoms with E-state index >= 15 is 0 Å². The molecule has 0 aromatic heterocycles. The molecule has 0 amide bonds. The molecule has 3 atom stereocenters. The molecule has 0 fully saturated rings. The molecule has 30 heavy (non-hydrogen) atoms. The van der Waals surface area contributed by atoms with Gasteiger partial charge in [-0.1, -0.05) is 63.4 Å². The van der Waals surface area contributed by atoms with Gasteiger partial charge in [-0.2, -0.15) is 0 Å². The van der Waals surface area contributed by atoms with Crippen molar-refractivity contribution in [3.8, 4) is 0 Å². The zero-order valence-corrected chi connectivity index (χ0v) is 19.1. The van der Waals surface area contributed by atoms with Crippen LogP contribution in [0.25, 0.3) is 0 Å². The zero-order valence-electron chi connectivity index (χ0n) is 17.5. The smallest absolute Gasteiger partial charge is 0.338 e. The van der Waals surface area contributed by atoms with Gasteiger partial charge in [0.2, 0.25) is 0 Å². The molecule has 0 saturated carbocycles. The van der Waals surface area contributed by atoms with Crippen LogP contribution in [0.5, 0.6) is 0 Å². The second kappa shape index (κ2) is 11.5. The second-order valence-corrected chi connectivity index (χ2v) is 8.19. The number of carbonyl (C=O) groups is 2. The Kier molecular flexibility index (Phi) is 9.05. The fraction of sp³-hybridized carbons (Fsp3) is 0.348. The Morgan fingerprint density at radius 2 is 1.47 bits per heavy atom. The molecule has 2 aromatic carbocycles. The van der Waals surface area contributed by atoms with Crippen molar-refractivity contribution < 1.29 is 23.9 Å². The maximum absolute atomic E-state index is 12.6. The van der Waals surface area contributed by atoms with E-state index in [0.29, 0.717) is 11.1 Å². The number of halogens is 1. The summed E-state index contributed by atoms with van der Waals surface area (Å²) in [4.78, 5) is 29.2. The Morgan fingerprint density at radius 1 is 0.967 bits per heavy atom. The molecule has 0 aliphatic heterocycles. The van der Waals surface area contributed by atoms with Gasteiger partial charge in [0.05, 0.1) is 22.2 Å². The van der Waals surface area contributed by atoms with Gasteiger partial charge >= 0.3 is 11.9 Å². The molecule has 6 nitrogen and oxygen atoms in total. The van der Waals surface area contributed by atoms with Gasteiger partial charge in [0.25, 0.3) is 0 Å². The summed E-state index contributed by atoms with van der Waals surface area (Å²) in [6.45, 7) is 5.74. The molecule has 0 saturated heterocycles. The van der Waals surface area contributed by atoms with E-state index in [1.54, 1.807) is 30.5 Å². The SMILES string of the molecule is CO/N=C\[C@@H](C)[C@H](OC(=O)c1ccc(C)cc1)[C@@H](Br)COC(=O)c1ccc(C)cc1. The predicted octanol–water partition coefficient (Wildman–Crippen LogP) is 4.72. The third-order valence-electron chi connectivity index (χ3n) is 4.47. The number of carbonyl (C=O) groups excluding carboxylic acids is 2. The van der Waals surface area contributed by atoms with Crippen LogP contribution in [-0.4, -0.2) is 42.8 Å². The largest absolute Gasteiger partial charge is 0.461 e. The minimum Gasteiger partial charge on any atom is -0.461 e. The van der Waals surface area contributed by atoms with Crippen LogP contribution in [0.4, 0.5) is 0 Å². The molecule has 7 heteroatoms. The van der Waals surface area contributed by atoms with Crippen LogP contribution >= 0.6 is 15.9 Å². The molecule has 2 aromatic rings. The van der Waals surface area contributed by atoms with Crippen molar-refractivity contribution in [2.75, 3.05) is 13.7 Å². The second-order valence-electron chi connectivity index (χ2n) is 7.01. The number of aryl methyl sites for hydroxylation is 2. The first-order valence-corrected chi connectivity index (χ1v) is 10.5. The number of hydrogen-bond acceptors (Lipinski definition) is 6. The van der Waals surface area contributed by atoms with E-state index in [4.69, 9.17) is 14.3 Å². The third-order valence-corrected chi connectivity index (χ3v) is 5.25. The van der Waals surface area contributed by atoms with Crippen molar-refractivity contribution in [1.29, 1.82) is 0 Å². The first kappa shape index (κ1) is 23.6. The number of ether oxygens (including phenoxy) is 2. The fourth-order valence-electron chi connectivity index (χ4n) is 2.66. The number of alkyl halides is 1. The minimum atomic E-state index is -0.636. The monoisotopic (exact) mass is 475 g/mol. The summed E-state index contributed by atoms with van der Waals surface area (Å²) in [6.07, 6.45) is 0.909. The van der Waals surface area contributed by atoms with Gasteiger partial charge in [-0.15, -0.1) is 0 Å². The quantitative estimate of drug-likeness (QED) is 0.227. The molecule has 0 bridgehead atoms. The summed E-state index contributed by atoms with van der Waals surface area (Å²) < 4.78 is 11.1. The van der Waals surface area contributed by atoms with Gasteiger partial charge in [0, 0.05) is 5.92 Å². The van der Waals surface area contributed by atoms with E-state index in [9.17, 15) is 9.59 Å². The molecular weight excluding hydrogens is 450 g/mol. The lowest BCUT2D eigenvalue weighted by atomic mass is 10.0. The van der Waals surface area contributed by atoms with Crippen LogP contribution in [0.2, 0.25) is 0 Å². The number of benzene rings is 2. The number of oxime groups is 1. The van der Waals surface area contributed by atoms with Crippen molar-refractivity contribution in [2.45, 2.75) is 31.7 Å². The Balaban J connectivity index is 2.07. The van der Waals surface area contributed by atoms with Gasteiger partial charge in [0.15, 0.2) is 0 Å². The first-order chi connectivity index (χ1) is 14.3. The molecule has 0 aliphatic carbocycles. The van der Waals surface area contributed by atoms with Gasteiger partial charge < -0.3 is 14.3 Å². The number of rotatable bonds is 9. The van der Waals surface area contributed by atoms with Crippen LogP contribution < -0.4 is 0 Å². The van der Waals surface area contributed by atoms with Crippen molar-refractivity contribution >= 4 is 34.1 Å². The maximum atomic E-state index is 12.6. The van der Waals surface area contributed by atoms with E-state index in [1.165, 1.54) is 7.11 Å². The Hall–Kier alpha value is -2.67. The van der Waals surface area contributed by atoms with E-state index in [1.807, 2.05) is 45.0 Å². The average molecular weight is 476 g/mol. The van der Waals surface area contributed by atoms with Gasteiger partial charge in [0.1, 0.15) is 19.8 Å². The molecule has 0 heterocycles. The standard InChI is InChI=1S/C23H26BrNO5/c1-15-5-9-18(10-6-15)22(26)29-14-20(24)21(17(3)13-25-28-4)30-23(27)19-11-7-16(2)8-12-19/h5-13,17,20-21H,14H2,1-4H3/b25-13-/t17-,20+,21+/m1/s1. The Bertz CT molecular complexity index is 864. The Morgan fingerprint density at radius 3 is 1.97 bits per heavy atom. The minimum absolute atomic E-state index is 0.0176. The highest BCUT2D eigenvalue weighted by molar-refractivity contribution is 9.09. The van der Waals surface area contributed by atoms with Crippen molar-refractivity contribution in [3.63, 3.8) is 0 Å². The number of esters is 2. The molecular formula is C23H26BrNO5. The average Bonchev–Trinajstić information content (AvgIpc) is 2.74. The van der Waals surface area contributed by atoms with Gasteiger partial charge in [-0.3, -0.25) is 0 Å². The van der Waals surface area contributed by atoms with Crippen LogP contribution in [0.1, 0.15) is 38.8 Å². The van der Waals surface area contributed by atoms with E-state index in [-0.39, 0.29) is 12.5 Å². The lowest BCUT2D eigenvalue weighted by Crippen LogP contribution is -2.37. The maximum Gasteiger partial charge on any atom is 0.338 e. The lowest BCUT2D eigenvalue weighted by molar-refractivity contribution is 0.0148. The molecule has 2 rings (SSSR count). The predicted molar refractivity (Wildman–Crippen MR) is 119 cm³/mol. The van der Waals surface area contributed by atoms with Crippen LogP contribution in [0.3, 0.4) is 0 Å². The fourth-order valence-corrected chi connectivity index (χ4v) is 3.38. The first-order valence-electron chi connectivity index (χ1n) is 9.54. The third kappa shape index (κ3) is 6.99. The number of hydrogen-bond donors (Lipinski definition) is 0. The Labute approximate surface area is 185 Å². The highest BCUT2D eigenvalue weighted by Gasteiger charge is 2.30. The molecule has 0 unspecified atom stereocenters. The van der Waals surface area contributed by atoms with Crippen molar-refractivity contribution in [2.24, 2.45) is 11.1 Å². The summed E-state index contributed by atoms with van der Waals surface area (Å²) in [6, 6.07) is 14.2. The topological polar surface area (TPSA) is 74.2 Å². The van der Waals surface area contributed by atoms with Crippen LogP contribution in [-0.2, 0) is 14.3 Å². The highest BCUT2D eigenvalue weighted by Crippen LogP contribution is 2.21. The summed E-state index contributed by atoms with van der Waals surface area (Å²) >= 11 is 3.51. The van der Waals surface area contributed by atoms with Crippen molar-refractivity contribution in [1.82, 2.24) is 0 Å². The van der Waals surface area contributed by atoms with E-state index in [2.05, 4.69) is 21.1 Å². The molecule has 0 N–H and O–H groups in total. The van der Waals surface area contributed by atoms with E-state index in [0.717, 1.165) is 11.1 Å². The summed E-state index contributed by atoms with van der Waals surface area (Å²) in [5.74, 6) is -1.20. The zero-order chi connectivity index (χ0) is 22.1. The summed E-state index contributed by atoms with van der Waals surface area (Å²) in [7, 11) is 1.44. The van der Waals surface area contributed by atoms with Crippen molar-refractivity contribution in [3.05, 3.63) is 70.8 Å². The molecule has 160 valence electrons. The van der Waals surface area contributed by atoms with Gasteiger partial charge in [-0.05, 0) is 38.1 Å². The number of nitrogens with zero attached hydrogens (tertiary/aromatic N) is 1. The van der Waals surface area contributed by atoms with Gasteiger partial charge in [-0.25, -0.2) is 9.59 Å². The summed E-state index contributed by atoms with van der Waals surface area (Å²) in [5, 5.41) is 3.77. The van der Waals surface area contributed by atoms with Crippen LogP contribution in [0.15, 0.2) is 53.7 Å². The normalized spacial score (nSPS) is 14.0. The summed E-state index contributed by atoms with van der Waals surface area (Å²) in [5.41, 5.74) is 3.00. The van der Waals surface area contributed by atoms with E-state index < -0.39 is 22.9 Å². The molecule has 0 radical (unpaired) electrons. The molecule has 0 spiro atoms. The lowest BCUT2D eigenvalue weighted by Gasteiger charge is -2.26. The molecule has 0 aliphatic rings. The van der Waals surface area contributed by atoms with Crippen LogP contribution in [0, 0.1) is 19.8 Å².